The first-order chi connectivity index (χ1) is 11.6. The summed E-state index contributed by atoms with van der Waals surface area (Å²) in [6.07, 6.45) is 1.06. The lowest BCUT2D eigenvalue weighted by Crippen LogP contribution is -2.36. The fourth-order valence-electron chi connectivity index (χ4n) is 2.93. The van der Waals surface area contributed by atoms with Gasteiger partial charge in [-0.15, -0.1) is 12.4 Å². The van der Waals surface area contributed by atoms with Crippen LogP contribution in [0.5, 0.6) is 5.75 Å². The molecule has 2 aromatic carbocycles. The number of benzene rings is 2. The Morgan fingerprint density at radius 2 is 1.92 bits per heavy atom. The number of ether oxygens (including phenoxy) is 2. The van der Waals surface area contributed by atoms with Gasteiger partial charge in [-0.3, -0.25) is 4.79 Å². The lowest BCUT2D eigenvalue weighted by atomic mass is 9.84. The summed E-state index contributed by atoms with van der Waals surface area (Å²) in [5, 5.41) is 0. The minimum atomic E-state index is -0.515. The van der Waals surface area contributed by atoms with Crippen LogP contribution in [0.15, 0.2) is 42.5 Å². The number of halogens is 1. The maximum atomic E-state index is 12.3. The molecule has 6 heteroatoms. The largest absolute Gasteiger partial charge is 0.488 e. The van der Waals surface area contributed by atoms with E-state index in [-0.39, 0.29) is 18.2 Å². The summed E-state index contributed by atoms with van der Waals surface area (Å²) in [7, 11) is 1.32. The minimum Gasteiger partial charge on any atom is -0.488 e. The van der Waals surface area contributed by atoms with Crippen LogP contribution in [0.3, 0.4) is 0 Å². The summed E-state index contributed by atoms with van der Waals surface area (Å²) < 4.78 is 10.7. The molecule has 1 aliphatic carbocycles. The van der Waals surface area contributed by atoms with Gasteiger partial charge in [-0.2, -0.15) is 0 Å². The molecule has 0 saturated carbocycles. The fourth-order valence-corrected chi connectivity index (χ4v) is 2.93. The van der Waals surface area contributed by atoms with Crippen molar-refractivity contribution in [1.82, 2.24) is 0 Å². The van der Waals surface area contributed by atoms with Crippen LogP contribution in [0.4, 0.5) is 0 Å². The molecule has 3 rings (SSSR count). The predicted molar refractivity (Wildman–Crippen MR) is 96.4 cm³/mol. The number of esters is 1. The van der Waals surface area contributed by atoms with Crippen molar-refractivity contribution in [3.05, 3.63) is 64.7 Å². The summed E-state index contributed by atoms with van der Waals surface area (Å²) in [6, 6.07) is 12.5. The molecule has 1 aliphatic rings. The maximum Gasteiger partial charge on any atom is 0.341 e. The van der Waals surface area contributed by atoms with Crippen LogP contribution in [0.1, 0.15) is 38.3 Å². The Hall–Kier alpha value is -2.37. The zero-order valence-electron chi connectivity index (χ0n) is 13.9. The van der Waals surface area contributed by atoms with Gasteiger partial charge in [0, 0.05) is 5.56 Å². The molecule has 0 heterocycles. The number of nitrogens with two attached hydrogens (primary N) is 1. The second-order valence-electron chi connectivity index (χ2n) is 5.74. The normalized spacial score (nSPS) is 15.8. The quantitative estimate of drug-likeness (QED) is 0.847. The zero-order valence-corrected chi connectivity index (χ0v) is 14.7. The third-order valence-corrected chi connectivity index (χ3v) is 4.21. The molecule has 0 spiro atoms. The van der Waals surface area contributed by atoms with Crippen molar-refractivity contribution in [1.29, 1.82) is 0 Å². The van der Waals surface area contributed by atoms with Gasteiger partial charge in [0.1, 0.15) is 17.9 Å². The summed E-state index contributed by atoms with van der Waals surface area (Å²) >= 11 is 0. The van der Waals surface area contributed by atoms with Gasteiger partial charge in [0.15, 0.2) is 5.78 Å². The van der Waals surface area contributed by atoms with Gasteiger partial charge >= 0.3 is 5.97 Å². The lowest BCUT2D eigenvalue weighted by molar-refractivity contribution is 0.0594. The van der Waals surface area contributed by atoms with Crippen LogP contribution in [-0.2, 0) is 17.8 Å². The van der Waals surface area contributed by atoms with E-state index in [0.717, 1.165) is 5.56 Å². The molecule has 2 aromatic rings. The second-order valence-corrected chi connectivity index (χ2v) is 5.74. The van der Waals surface area contributed by atoms with E-state index < -0.39 is 12.0 Å². The van der Waals surface area contributed by atoms with Crippen molar-refractivity contribution >= 4 is 24.2 Å². The number of carbonyl (C=O) groups excluding carboxylic acids is 2. The number of carbonyl (C=O) groups is 2. The molecule has 132 valence electrons. The second kappa shape index (κ2) is 8.14. The lowest BCUT2D eigenvalue weighted by Gasteiger charge is -2.23. The highest BCUT2D eigenvalue weighted by Crippen LogP contribution is 2.32. The van der Waals surface area contributed by atoms with Crippen molar-refractivity contribution in [2.75, 3.05) is 7.11 Å². The van der Waals surface area contributed by atoms with Gasteiger partial charge in [-0.25, -0.2) is 4.79 Å². The zero-order chi connectivity index (χ0) is 17.1. The Morgan fingerprint density at radius 1 is 1.20 bits per heavy atom. The van der Waals surface area contributed by atoms with Crippen LogP contribution in [0, 0.1) is 0 Å². The average molecular weight is 362 g/mol. The van der Waals surface area contributed by atoms with Crippen molar-refractivity contribution in [3.63, 3.8) is 0 Å². The molecule has 1 unspecified atom stereocenters. The minimum absolute atomic E-state index is 0. The first-order valence-corrected chi connectivity index (χ1v) is 7.82. The van der Waals surface area contributed by atoms with E-state index in [4.69, 9.17) is 15.2 Å². The standard InChI is InChI=1S/C19H19NO4.ClH/c1-23-19(22)17-13-7-9-15(20)18(21)14(13)8-10-16(17)24-11-12-5-3-2-4-6-12;/h2-6,8,10,15H,7,9,11,20H2,1H3;1H. The van der Waals surface area contributed by atoms with E-state index in [0.29, 0.717) is 41.9 Å². The van der Waals surface area contributed by atoms with Gasteiger partial charge in [-0.05, 0) is 36.1 Å². The smallest absolute Gasteiger partial charge is 0.341 e. The number of hydrogen-bond acceptors (Lipinski definition) is 5. The van der Waals surface area contributed by atoms with Gasteiger partial charge < -0.3 is 15.2 Å². The van der Waals surface area contributed by atoms with Gasteiger partial charge in [0.25, 0.3) is 0 Å². The molecule has 0 radical (unpaired) electrons. The van der Waals surface area contributed by atoms with E-state index in [1.807, 2.05) is 30.3 Å². The molecule has 25 heavy (non-hydrogen) atoms. The first kappa shape index (κ1) is 19.0. The molecule has 1 atom stereocenters. The number of hydrogen-bond donors (Lipinski definition) is 1. The topological polar surface area (TPSA) is 78.6 Å². The van der Waals surface area contributed by atoms with Crippen molar-refractivity contribution < 1.29 is 19.1 Å². The Balaban J connectivity index is 0.00000225. The number of ketones is 1. The molecule has 2 N–H and O–H groups in total. The van der Waals surface area contributed by atoms with E-state index in [9.17, 15) is 9.59 Å². The summed E-state index contributed by atoms with van der Waals surface area (Å²) in [4.78, 5) is 24.5. The van der Waals surface area contributed by atoms with Crippen LogP contribution < -0.4 is 10.5 Å². The maximum absolute atomic E-state index is 12.3. The third-order valence-electron chi connectivity index (χ3n) is 4.21. The molecule has 5 nitrogen and oxygen atoms in total. The molecule has 0 aromatic heterocycles. The molecule has 0 bridgehead atoms. The van der Waals surface area contributed by atoms with Crippen molar-refractivity contribution in [2.45, 2.75) is 25.5 Å². The average Bonchev–Trinajstić information content (AvgIpc) is 2.62. The molecular formula is C19H20ClNO4. The summed E-state index contributed by atoms with van der Waals surface area (Å²) in [5.74, 6) is -0.220. The SMILES string of the molecule is COC(=O)c1c(OCc2ccccc2)ccc2c1CCC(N)C2=O.Cl. The third kappa shape index (κ3) is 3.83. The van der Waals surface area contributed by atoms with Crippen LogP contribution in [-0.4, -0.2) is 24.9 Å². The molecule has 0 saturated heterocycles. The van der Waals surface area contributed by atoms with E-state index in [1.165, 1.54) is 7.11 Å². The fraction of sp³-hybridized carbons (Fsp3) is 0.263. The van der Waals surface area contributed by atoms with Gasteiger partial charge in [0.05, 0.1) is 13.2 Å². The Kier molecular flexibility index (Phi) is 6.17. The van der Waals surface area contributed by atoms with E-state index >= 15 is 0 Å². The van der Waals surface area contributed by atoms with Crippen LogP contribution in [0.25, 0.3) is 0 Å². The van der Waals surface area contributed by atoms with Crippen LogP contribution in [0.2, 0.25) is 0 Å². The number of methoxy groups -OCH3 is 1. The van der Waals surface area contributed by atoms with E-state index in [2.05, 4.69) is 0 Å². The Labute approximate surface area is 152 Å². The Morgan fingerprint density at radius 3 is 2.60 bits per heavy atom. The molecule has 0 fully saturated rings. The number of Topliss-reactive ketones (excluding diaryl/α,β-unsaturated/α-hetero) is 1. The van der Waals surface area contributed by atoms with Gasteiger partial charge in [-0.1, -0.05) is 30.3 Å². The van der Waals surface area contributed by atoms with Crippen molar-refractivity contribution in [2.24, 2.45) is 5.73 Å². The first-order valence-electron chi connectivity index (χ1n) is 7.82. The highest BCUT2D eigenvalue weighted by molar-refractivity contribution is 6.06. The Bertz CT molecular complexity index is 776. The summed E-state index contributed by atoms with van der Waals surface area (Å²) in [6.45, 7) is 0.330. The highest BCUT2D eigenvalue weighted by Gasteiger charge is 2.30. The monoisotopic (exact) mass is 361 g/mol. The molecular weight excluding hydrogens is 342 g/mol. The van der Waals surface area contributed by atoms with Crippen molar-refractivity contribution in [3.8, 4) is 5.75 Å². The molecule has 0 amide bonds. The predicted octanol–water partition coefficient (Wildman–Crippen LogP) is 2.93. The highest BCUT2D eigenvalue weighted by atomic mass is 35.5. The van der Waals surface area contributed by atoms with E-state index in [1.54, 1.807) is 12.1 Å². The summed E-state index contributed by atoms with van der Waals surface area (Å²) in [5.41, 5.74) is 8.30. The number of fused-ring (bicyclic) bond motifs is 1. The van der Waals surface area contributed by atoms with Gasteiger partial charge in [0.2, 0.25) is 0 Å². The molecule has 0 aliphatic heterocycles. The number of rotatable bonds is 4. The van der Waals surface area contributed by atoms with Crippen LogP contribution >= 0.6 is 12.4 Å².